The highest BCUT2D eigenvalue weighted by Crippen LogP contribution is 2.35. The van der Waals surface area contributed by atoms with Crippen LogP contribution in [-0.4, -0.2) is 17.5 Å². The van der Waals surface area contributed by atoms with E-state index in [0.717, 1.165) is 12.0 Å². The van der Waals surface area contributed by atoms with Crippen LogP contribution in [0.15, 0.2) is 10.8 Å². The van der Waals surface area contributed by atoms with Crippen LogP contribution < -0.4 is 0 Å². The minimum Gasteiger partial charge on any atom is -0.364 e. The van der Waals surface area contributed by atoms with E-state index in [2.05, 4.69) is 5.16 Å². The van der Waals surface area contributed by atoms with Crippen molar-refractivity contribution in [1.29, 1.82) is 0 Å². The zero-order valence-electron chi connectivity index (χ0n) is 8.37. The molecule has 14 heavy (non-hydrogen) atoms. The molecule has 4 heteroatoms. The molecule has 0 aromatic carbocycles. The van der Waals surface area contributed by atoms with Crippen molar-refractivity contribution in [2.75, 3.05) is 6.61 Å². The van der Waals surface area contributed by atoms with Crippen molar-refractivity contribution in [2.45, 2.75) is 32.3 Å². The monoisotopic (exact) mass is 195 g/mol. The lowest BCUT2D eigenvalue weighted by molar-refractivity contribution is -0.147. The number of carbonyl (C=O) groups is 1. The Morgan fingerprint density at radius 3 is 3.14 bits per heavy atom. The van der Waals surface area contributed by atoms with Crippen LogP contribution >= 0.6 is 0 Å². The summed E-state index contributed by atoms with van der Waals surface area (Å²) in [6.45, 7) is 4.01. The molecule has 4 nitrogen and oxygen atoms in total. The number of Topliss-reactive ketones (excluding diaryl/α,β-unsaturated/α-hetero) is 1. The standard InChI is InChI=1S/C10H13NO3/c1-3-10(7(2)12)9-8(4-5-13-10)6-14-11-9/h6H,3-5H2,1-2H3. The van der Waals surface area contributed by atoms with Crippen molar-refractivity contribution < 1.29 is 14.1 Å². The summed E-state index contributed by atoms with van der Waals surface area (Å²) in [5.41, 5.74) is 0.799. The molecule has 0 saturated heterocycles. The lowest BCUT2D eigenvalue weighted by Gasteiger charge is -2.32. The van der Waals surface area contributed by atoms with Crippen LogP contribution in [-0.2, 0) is 21.6 Å². The number of hydrogen-bond acceptors (Lipinski definition) is 4. The maximum Gasteiger partial charge on any atom is 0.171 e. The second-order valence-corrected chi connectivity index (χ2v) is 3.52. The van der Waals surface area contributed by atoms with Gasteiger partial charge in [0.1, 0.15) is 12.0 Å². The topological polar surface area (TPSA) is 52.3 Å². The van der Waals surface area contributed by atoms with Gasteiger partial charge in [0.2, 0.25) is 0 Å². The summed E-state index contributed by atoms with van der Waals surface area (Å²) in [7, 11) is 0. The molecule has 0 aliphatic carbocycles. The van der Waals surface area contributed by atoms with Gasteiger partial charge in [0.15, 0.2) is 11.4 Å². The predicted octanol–water partition coefficient (Wildman–Crippen LogP) is 1.44. The van der Waals surface area contributed by atoms with E-state index in [4.69, 9.17) is 9.26 Å². The van der Waals surface area contributed by atoms with Crippen LogP contribution in [0.5, 0.6) is 0 Å². The van der Waals surface area contributed by atoms with Gasteiger partial charge in [-0.1, -0.05) is 12.1 Å². The van der Waals surface area contributed by atoms with Crippen molar-refractivity contribution in [2.24, 2.45) is 0 Å². The molecule has 0 N–H and O–H groups in total. The van der Waals surface area contributed by atoms with Gasteiger partial charge in [-0.05, 0) is 13.3 Å². The molecule has 0 bridgehead atoms. The predicted molar refractivity (Wildman–Crippen MR) is 48.8 cm³/mol. The number of ether oxygens (including phenoxy) is 1. The first-order valence-electron chi connectivity index (χ1n) is 4.79. The summed E-state index contributed by atoms with van der Waals surface area (Å²) >= 11 is 0. The number of ketones is 1. The number of nitrogens with zero attached hydrogens (tertiary/aromatic N) is 1. The Balaban J connectivity index is 2.52. The molecule has 1 aromatic heterocycles. The van der Waals surface area contributed by atoms with E-state index in [-0.39, 0.29) is 5.78 Å². The highest BCUT2D eigenvalue weighted by molar-refractivity contribution is 5.86. The second kappa shape index (κ2) is 3.20. The fourth-order valence-electron chi connectivity index (χ4n) is 1.96. The van der Waals surface area contributed by atoms with Gasteiger partial charge in [-0.25, -0.2) is 0 Å². The van der Waals surface area contributed by atoms with E-state index in [9.17, 15) is 4.79 Å². The Bertz CT molecular complexity index is 358. The number of aromatic nitrogens is 1. The Morgan fingerprint density at radius 1 is 1.71 bits per heavy atom. The normalized spacial score (nSPS) is 25.9. The van der Waals surface area contributed by atoms with E-state index >= 15 is 0 Å². The number of hydrogen-bond donors (Lipinski definition) is 0. The van der Waals surface area contributed by atoms with Crippen LogP contribution in [0.3, 0.4) is 0 Å². The molecule has 0 amide bonds. The van der Waals surface area contributed by atoms with Gasteiger partial charge in [0.05, 0.1) is 6.61 Å². The van der Waals surface area contributed by atoms with E-state index in [1.165, 1.54) is 6.92 Å². The minimum atomic E-state index is -0.861. The van der Waals surface area contributed by atoms with Gasteiger partial charge < -0.3 is 9.26 Å². The smallest absolute Gasteiger partial charge is 0.171 e. The van der Waals surface area contributed by atoms with Gasteiger partial charge in [-0.2, -0.15) is 0 Å². The Hall–Kier alpha value is -1.16. The number of carbonyl (C=O) groups excluding carboxylic acids is 1. The summed E-state index contributed by atoms with van der Waals surface area (Å²) in [6.07, 6.45) is 2.97. The quantitative estimate of drug-likeness (QED) is 0.716. The van der Waals surface area contributed by atoms with Crippen LogP contribution in [0, 0.1) is 0 Å². The van der Waals surface area contributed by atoms with Crippen LogP contribution in [0.4, 0.5) is 0 Å². The SMILES string of the molecule is CCC1(C(C)=O)OCCc2conc21. The molecule has 76 valence electrons. The molecule has 1 unspecified atom stereocenters. The lowest BCUT2D eigenvalue weighted by Crippen LogP contribution is -2.41. The zero-order valence-corrected chi connectivity index (χ0v) is 8.37. The van der Waals surface area contributed by atoms with Gasteiger partial charge in [0, 0.05) is 12.0 Å². The number of fused-ring (bicyclic) bond motifs is 1. The highest BCUT2D eigenvalue weighted by Gasteiger charge is 2.43. The summed E-state index contributed by atoms with van der Waals surface area (Å²) < 4.78 is 10.5. The van der Waals surface area contributed by atoms with Gasteiger partial charge in [-0.3, -0.25) is 4.79 Å². The third-order valence-electron chi connectivity index (χ3n) is 2.81. The van der Waals surface area contributed by atoms with E-state index in [0.29, 0.717) is 18.7 Å². The molecule has 2 rings (SSSR count). The lowest BCUT2D eigenvalue weighted by atomic mass is 9.87. The maximum absolute atomic E-state index is 11.6. The summed E-state index contributed by atoms with van der Waals surface area (Å²) in [4.78, 5) is 11.6. The van der Waals surface area contributed by atoms with Crippen molar-refractivity contribution in [3.63, 3.8) is 0 Å². The van der Waals surface area contributed by atoms with Crippen molar-refractivity contribution >= 4 is 5.78 Å². The first-order chi connectivity index (χ1) is 6.70. The maximum atomic E-state index is 11.6. The molecule has 0 fully saturated rings. The van der Waals surface area contributed by atoms with E-state index in [1.807, 2.05) is 6.92 Å². The molecule has 0 spiro atoms. The Kier molecular flexibility index (Phi) is 2.15. The zero-order chi connectivity index (χ0) is 10.2. The van der Waals surface area contributed by atoms with Crippen LogP contribution in [0.1, 0.15) is 31.5 Å². The van der Waals surface area contributed by atoms with E-state index < -0.39 is 5.60 Å². The largest absolute Gasteiger partial charge is 0.364 e. The van der Waals surface area contributed by atoms with E-state index in [1.54, 1.807) is 6.26 Å². The first kappa shape index (κ1) is 9.40. The average molecular weight is 195 g/mol. The molecule has 1 atom stereocenters. The Morgan fingerprint density at radius 2 is 2.50 bits per heavy atom. The highest BCUT2D eigenvalue weighted by atomic mass is 16.5. The molecular formula is C10H13NO3. The fraction of sp³-hybridized carbons (Fsp3) is 0.600. The molecular weight excluding hydrogens is 182 g/mol. The van der Waals surface area contributed by atoms with Crippen molar-refractivity contribution in [3.05, 3.63) is 17.5 Å². The van der Waals surface area contributed by atoms with Crippen LogP contribution in [0.2, 0.25) is 0 Å². The van der Waals surface area contributed by atoms with Crippen molar-refractivity contribution in [3.8, 4) is 0 Å². The summed E-state index contributed by atoms with van der Waals surface area (Å²) in [5, 5.41) is 3.88. The van der Waals surface area contributed by atoms with Gasteiger partial charge >= 0.3 is 0 Å². The van der Waals surface area contributed by atoms with Crippen molar-refractivity contribution in [1.82, 2.24) is 5.16 Å². The Labute approximate surface area is 82.2 Å². The van der Waals surface area contributed by atoms with Gasteiger partial charge in [0.25, 0.3) is 0 Å². The van der Waals surface area contributed by atoms with Gasteiger partial charge in [-0.15, -0.1) is 0 Å². The number of rotatable bonds is 2. The summed E-state index contributed by atoms with van der Waals surface area (Å²) in [6, 6.07) is 0. The molecule has 1 aliphatic rings. The molecule has 1 aliphatic heterocycles. The molecule has 0 saturated carbocycles. The third kappa shape index (κ3) is 1.10. The fourth-order valence-corrected chi connectivity index (χ4v) is 1.96. The summed E-state index contributed by atoms with van der Waals surface area (Å²) in [5.74, 6) is -0.00477. The third-order valence-corrected chi connectivity index (χ3v) is 2.81. The second-order valence-electron chi connectivity index (χ2n) is 3.52. The first-order valence-corrected chi connectivity index (χ1v) is 4.79. The minimum absolute atomic E-state index is 0.00477. The van der Waals surface area contributed by atoms with Crippen LogP contribution in [0.25, 0.3) is 0 Å². The molecule has 2 heterocycles. The molecule has 1 aromatic rings. The molecule has 0 radical (unpaired) electrons. The average Bonchev–Trinajstić information content (AvgIpc) is 2.64.